The Kier molecular flexibility index (Phi) is 7.18. The lowest BCUT2D eigenvalue weighted by Crippen LogP contribution is -2.54. The van der Waals surface area contributed by atoms with Crippen LogP contribution in [0.25, 0.3) is 0 Å². The van der Waals surface area contributed by atoms with Crippen molar-refractivity contribution < 1.29 is 19.1 Å². The second-order valence-corrected chi connectivity index (χ2v) is 7.38. The molecule has 0 radical (unpaired) electrons. The monoisotopic (exact) mass is 363 g/mol. The van der Waals surface area contributed by atoms with E-state index in [2.05, 4.69) is 16.2 Å². The summed E-state index contributed by atoms with van der Waals surface area (Å²) >= 11 is 0. The molecule has 26 heavy (non-hydrogen) atoms. The van der Waals surface area contributed by atoms with E-state index in [9.17, 15) is 14.4 Å². The van der Waals surface area contributed by atoms with Crippen LogP contribution >= 0.6 is 0 Å². The molecule has 0 fully saturated rings. The van der Waals surface area contributed by atoms with E-state index >= 15 is 0 Å². The summed E-state index contributed by atoms with van der Waals surface area (Å²) in [5, 5.41) is 2.59. The molecule has 0 aliphatic carbocycles. The summed E-state index contributed by atoms with van der Waals surface area (Å²) in [7, 11) is 0. The Morgan fingerprint density at radius 2 is 1.58 bits per heavy atom. The van der Waals surface area contributed by atoms with Gasteiger partial charge in [0.25, 0.3) is 11.8 Å². The summed E-state index contributed by atoms with van der Waals surface area (Å²) in [6, 6.07) is 4.82. The Balaban J connectivity index is 2.53. The molecule has 7 heteroatoms. The summed E-state index contributed by atoms with van der Waals surface area (Å²) in [6.07, 6.45) is -0.796. The van der Waals surface area contributed by atoms with Gasteiger partial charge in [-0.3, -0.25) is 25.2 Å². The molecule has 0 saturated carbocycles. The number of nitrogens with one attached hydrogen (secondary N) is 3. The van der Waals surface area contributed by atoms with E-state index in [0.717, 1.165) is 11.1 Å². The van der Waals surface area contributed by atoms with Crippen molar-refractivity contribution in [2.45, 2.75) is 60.6 Å². The van der Waals surface area contributed by atoms with Gasteiger partial charge >= 0.3 is 0 Å². The van der Waals surface area contributed by atoms with Crippen molar-refractivity contribution in [3.63, 3.8) is 0 Å². The van der Waals surface area contributed by atoms with Crippen LogP contribution in [0.2, 0.25) is 0 Å². The average molecular weight is 363 g/mol. The maximum absolute atomic E-state index is 12.1. The quantitative estimate of drug-likeness (QED) is 0.695. The van der Waals surface area contributed by atoms with E-state index in [0.29, 0.717) is 5.75 Å². The first-order valence-electron chi connectivity index (χ1n) is 8.57. The zero-order valence-corrected chi connectivity index (χ0v) is 16.5. The normalized spacial score (nSPS) is 13.3. The van der Waals surface area contributed by atoms with Gasteiger partial charge in [0, 0.05) is 5.41 Å². The molecule has 3 N–H and O–H groups in total. The summed E-state index contributed by atoms with van der Waals surface area (Å²) in [5.74, 6) is -0.647. The van der Waals surface area contributed by atoms with Crippen LogP contribution in [0.3, 0.4) is 0 Å². The molecule has 3 amide bonds. The maximum Gasteiger partial charge on any atom is 0.279 e. The van der Waals surface area contributed by atoms with Gasteiger partial charge in [-0.25, -0.2) is 0 Å². The number of hydrogen-bond donors (Lipinski definition) is 3. The predicted molar refractivity (Wildman–Crippen MR) is 99.4 cm³/mol. The van der Waals surface area contributed by atoms with Gasteiger partial charge in [-0.1, -0.05) is 32.9 Å². The van der Waals surface area contributed by atoms with Crippen LogP contribution in [0.5, 0.6) is 5.75 Å². The van der Waals surface area contributed by atoms with Crippen molar-refractivity contribution in [3.8, 4) is 5.75 Å². The Hall–Kier alpha value is -2.57. The Morgan fingerprint density at radius 1 is 1.00 bits per heavy atom. The van der Waals surface area contributed by atoms with Crippen molar-refractivity contribution in [3.05, 3.63) is 29.3 Å². The van der Waals surface area contributed by atoms with Gasteiger partial charge in [0.1, 0.15) is 11.8 Å². The average Bonchev–Trinajstić information content (AvgIpc) is 2.55. The number of carbonyl (C=O) groups excluding carboxylic acids is 3. The lowest BCUT2D eigenvalue weighted by molar-refractivity contribution is -0.135. The molecular formula is C19H29N3O4. The number of aryl methyl sites for hydroxylation is 1. The molecule has 0 bridgehead atoms. The largest absolute Gasteiger partial charge is 0.481 e. The topological polar surface area (TPSA) is 96.5 Å². The summed E-state index contributed by atoms with van der Waals surface area (Å²) in [4.78, 5) is 36.0. The van der Waals surface area contributed by atoms with Gasteiger partial charge in [0.2, 0.25) is 5.91 Å². The molecule has 0 spiro atoms. The lowest BCUT2D eigenvalue weighted by atomic mass is 9.95. The number of benzene rings is 1. The van der Waals surface area contributed by atoms with E-state index in [-0.39, 0.29) is 5.91 Å². The molecule has 0 aromatic heterocycles. The fraction of sp³-hybridized carbons (Fsp3) is 0.526. The van der Waals surface area contributed by atoms with Gasteiger partial charge in [-0.2, -0.15) is 0 Å². The molecule has 1 aromatic carbocycles. The zero-order valence-electron chi connectivity index (χ0n) is 16.5. The van der Waals surface area contributed by atoms with Crippen molar-refractivity contribution in [1.29, 1.82) is 0 Å². The maximum atomic E-state index is 12.1. The van der Waals surface area contributed by atoms with E-state index in [1.807, 2.05) is 26.0 Å². The number of hydrogen-bond acceptors (Lipinski definition) is 4. The van der Waals surface area contributed by atoms with Gasteiger partial charge in [0.05, 0.1) is 0 Å². The highest BCUT2D eigenvalue weighted by Crippen LogP contribution is 2.21. The first-order valence-corrected chi connectivity index (χ1v) is 8.57. The van der Waals surface area contributed by atoms with E-state index in [1.165, 1.54) is 0 Å². The molecule has 2 unspecified atom stereocenters. The smallest absolute Gasteiger partial charge is 0.279 e. The van der Waals surface area contributed by atoms with Crippen LogP contribution < -0.4 is 20.9 Å². The second-order valence-electron chi connectivity index (χ2n) is 7.38. The first-order chi connectivity index (χ1) is 11.9. The Morgan fingerprint density at radius 3 is 2.15 bits per heavy atom. The third-order valence-corrected chi connectivity index (χ3v) is 3.96. The van der Waals surface area contributed by atoms with Crippen LogP contribution in [0.15, 0.2) is 18.2 Å². The molecule has 1 rings (SSSR count). The lowest BCUT2D eigenvalue weighted by Gasteiger charge is -2.22. The zero-order chi connectivity index (χ0) is 20.1. The molecule has 0 heterocycles. The molecular weight excluding hydrogens is 334 g/mol. The Labute approximate surface area is 154 Å². The molecule has 0 saturated heterocycles. The minimum atomic E-state index is -0.796. The van der Waals surface area contributed by atoms with Crippen molar-refractivity contribution in [2.75, 3.05) is 0 Å². The van der Waals surface area contributed by atoms with Crippen LogP contribution in [0.1, 0.15) is 45.7 Å². The molecule has 2 atom stereocenters. The highest BCUT2D eigenvalue weighted by molar-refractivity contribution is 5.91. The first kappa shape index (κ1) is 21.5. The number of ether oxygens (including phenoxy) is 1. The molecule has 144 valence electrons. The van der Waals surface area contributed by atoms with E-state index in [4.69, 9.17) is 4.74 Å². The highest BCUT2D eigenvalue weighted by atomic mass is 16.5. The van der Waals surface area contributed by atoms with Crippen LogP contribution in [0, 0.1) is 19.3 Å². The minimum absolute atomic E-state index is 0.252. The summed E-state index contributed by atoms with van der Waals surface area (Å²) in [6.45, 7) is 12.3. The minimum Gasteiger partial charge on any atom is -0.481 e. The second kappa shape index (κ2) is 8.69. The number of carbonyl (C=O) groups is 3. The SMILES string of the molecule is Cc1cccc(OC(C)C(=O)NNC(=O)C(C)NC(=O)C(C)(C)C)c1C. The molecule has 0 aliphatic rings. The number of hydrazine groups is 1. The van der Waals surface area contributed by atoms with Gasteiger partial charge < -0.3 is 10.1 Å². The summed E-state index contributed by atoms with van der Waals surface area (Å²) in [5.41, 5.74) is 6.02. The van der Waals surface area contributed by atoms with Crippen LogP contribution in [-0.4, -0.2) is 29.9 Å². The third-order valence-electron chi connectivity index (χ3n) is 3.96. The van der Waals surface area contributed by atoms with Crippen LogP contribution in [0.4, 0.5) is 0 Å². The molecule has 1 aromatic rings. The Bertz CT molecular complexity index is 680. The number of rotatable bonds is 5. The fourth-order valence-electron chi connectivity index (χ4n) is 1.91. The molecule has 0 aliphatic heterocycles. The summed E-state index contributed by atoms with van der Waals surface area (Å²) < 4.78 is 5.66. The van der Waals surface area contributed by atoms with Crippen LogP contribution in [-0.2, 0) is 14.4 Å². The molecule has 7 nitrogen and oxygen atoms in total. The van der Waals surface area contributed by atoms with Gasteiger partial charge in [-0.05, 0) is 44.9 Å². The van der Waals surface area contributed by atoms with Gasteiger partial charge in [0.15, 0.2) is 6.10 Å². The third kappa shape index (κ3) is 6.06. The van der Waals surface area contributed by atoms with Crippen molar-refractivity contribution in [1.82, 2.24) is 16.2 Å². The van der Waals surface area contributed by atoms with E-state index < -0.39 is 29.4 Å². The number of amides is 3. The van der Waals surface area contributed by atoms with E-state index in [1.54, 1.807) is 40.7 Å². The predicted octanol–water partition coefficient (Wildman–Crippen LogP) is 1.77. The standard InChI is InChI=1S/C19H29N3O4/c1-11-9-8-10-15(12(11)2)26-14(4)17(24)22-21-16(23)13(3)20-18(25)19(5,6)7/h8-10,13-14H,1-7H3,(H,20,25)(H,21,23)(H,22,24). The van der Waals surface area contributed by atoms with Gasteiger partial charge in [-0.15, -0.1) is 0 Å². The van der Waals surface area contributed by atoms with Crippen molar-refractivity contribution >= 4 is 17.7 Å². The highest BCUT2D eigenvalue weighted by Gasteiger charge is 2.25. The fourth-order valence-corrected chi connectivity index (χ4v) is 1.91. The van der Waals surface area contributed by atoms with Crippen molar-refractivity contribution in [2.24, 2.45) is 5.41 Å².